The van der Waals surface area contributed by atoms with Crippen LogP contribution in [-0.2, 0) is 14.8 Å². The molecule has 0 radical (unpaired) electrons. The molecule has 1 saturated carbocycles. The van der Waals surface area contributed by atoms with Gasteiger partial charge in [0.25, 0.3) is 0 Å². The lowest BCUT2D eigenvalue weighted by Crippen LogP contribution is -2.39. The lowest BCUT2D eigenvalue weighted by atomic mass is 9.66. The van der Waals surface area contributed by atoms with Crippen molar-refractivity contribution in [1.82, 2.24) is 9.21 Å². The summed E-state index contributed by atoms with van der Waals surface area (Å²) in [4.78, 5) is 2.17. The Kier molecular flexibility index (Phi) is 4.21. The molecule has 138 valence electrons. The van der Waals surface area contributed by atoms with E-state index >= 15 is 0 Å². The lowest BCUT2D eigenvalue weighted by molar-refractivity contribution is 0.0702. The molecule has 2 atom stereocenters. The van der Waals surface area contributed by atoms with Crippen LogP contribution in [0.5, 0.6) is 0 Å². The Morgan fingerprint density at radius 1 is 1.40 bits per heavy atom. The van der Waals surface area contributed by atoms with Gasteiger partial charge >= 0.3 is 0 Å². The molecule has 1 saturated heterocycles. The van der Waals surface area contributed by atoms with Crippen molar-refractivity contribution in [1.29, 1.82) is 0 Å². The zero-order valence-corrected chi connectivity index (χ0v) is 15.5. The number of aliphatic hydroxyl groups excluding tert-OH is 1. The van der Waals surface area contributed by atoms with Crippen LogP contribution >= 0.6 is 0 Å². The SMILES string of the molecule is CN(C1CC23CCCCC2=CN2C=CCCC2=C3O1)S(=O)(=O)CCO. The van der Waals surface area contributed by atoms with Crippen molar-refractivity contribution in [2.45, 2.75) is 51.2 Å². The molecule has 3 heterocycles. The number of allylic oxidation sites excluding steroid dienone is 3. The number of aliphatic hydroxyl groups is 1. The second kappa shape index (κ2) is 6.14. The highest BCUT2D eigenvalue weighted by molar-refractivity contribution is 7.89. The minimum atomic E-state index is -3.52. The van der Waals surface area contributed by atoms with Gasteiger partial charge in [0.1, 0.15) is 5.76 Å². The van der Waals surface area contributed by atoms with Crippen LogP contribution < -0.4 is 0 Å². The first kappa shape index (κ1) is 17.1. The van der Waals surface area contributed by atoms with E-state index in [9.17, 15) is 8.42 Å². The van der Waals surface area contributed by atoms with Gasteiger partial charge in [-0.25, -0.2) is 8.42 Å². The first-order valence-electron chi connectivity index (χ1n) is 9.11. The number of ether oxygens (including phenoxy) is 1. The fraction of sp³-hybridized carbons (Fsp3) is 0.667. The van der Waals surface area contributed by atoms with E-state index in [2.05, 4.69) is 23.4 Å². The van der Waals surface area contributed by atoms with Crippen LogP contribution in [0, 0.1) is 5.41 Å². The number of sulfonamides is 1. The van der Waals surface area contributed by atoms with E-state index < -0.39 is 16.3 Å². The highest BCUT2D eigenvalue weighted by atomic mass is 32.2. The summed E-state index contributed by atoms with van der Waals surface area (Å²) in [6.45, 7) is -0.373. The summed E-state index contributed by atoms with van der Waals surface area (Å²) in [5, 5.41) is 9.06. The van der Waals surface area contributed by atoms with E-state index in [4.69, 9.17) is 9.84 Å². The maximum Gasteiger partial charge on any atom is 0.219 e. The van der Waals surface area contributed by atoms with E-state index in [-0.39, 0.29) is 17.8 Å². The predicted molar refractivity (Wildman–Crippen MR) is 94.3 cm³/mol. The van der Waals surface area contributed by atoms with Gasteiger partial charge in [0.05, 0.1) is 23.5 Å². The van der Waals surface area contributed by atoms with Crippen molar-refractivity contribution >= 4 is 10.0 Å². The van der Waals surface area contributed by atoms with Crippen molar-refractivity contribution in [3.8, 4) is 0 Å². The summed E-state index contributed by atoms with van der Waals surface area (Å²) in [5.74, 6) is 0.727. The van der Waals surface area contributed by atoms with E-state index in [1.165, 1.54) is 22.0 Å². The van der Waals surface area contributed by atoms with Gasteiger partial charge in [0.15, 0.2) is 6.23 Å². The molecule has 25 heavy (non-hydrogen) atoms. The number of fused-ring (bicyclic) bond motifs is 1. The normalized spacial score (nSPS) is 31.4. The molecule has 6 nitrogen and oxygen atoms in total. The Hall–Kier alpha value is -1.31. The molecule has 3 aliphatic heterocycles. The average Bonchev–Trinajstić information content (AvgIpc) is 2.98. The van der Waals surface area contributed by atoms with E-state index in [0.29, 0.717) is 6.42 Å². The van der Waals surface area contributed by atoms with Gasteiger partial charge in [-0.05, 0) is 37.7 Å². The van der Waals surface area contributed by atoms with Crippen molar-refractivity contribution in [3.63, 3.8) is 0 Å². The molecule has 1 N–H and O–H groups in total. The third kappa shape index (κ3) is 2.64. The Morgan fingerprint density at radius 2 is 2.24 bits per heavy atom. The summed E-state index contributed by atoms with van der Waals surface area (Å²) < 4.78 is 32.4. The van der Waals surface area contributed by atoms with Gasteiger partial charge in [-0.3, -0.25) is 0 Å². The topological polar surface area (TPSA) is 70.1 Å². The molecular formula is C18H26N2O4S. The molecule has 2 unspecified atom stereocenters. The average molecular weight is 366 g/mol. The van der Waals surface area contributed by atoms with Crippen LogP contribution in [0.1, 0.15) is 44.9 Å². The van der Waals surface area contributed by atoms with Crippen LogP contribution in [0.2, 0.25) is 0 Å². The summed E-state index contributed by atoms with van der Waals surface area (Å²) in [7, 11) is -1.95. The van der Waals surface area contributed by atoms with Crippen molar-refractivity contribution in [2.75, 3.05) is 19.4 Å². The Bertz CT molecular complexity index is 755. The van der Waals surface area contributed by atoms with Gasteiger partial charge in [-0.1, -0.05) is 12.5 Å². The summed E-state index contributed by atoms with van der Waals surface area (Å²) >= 11 is 0. The summed E-state index contributed by atoms with van der Waals surface area (Å²) in [6.07, 6.45) is 13.0. The quantitative estimate of drug-likeness (QED) is 0.826. The molecule has 1 aliphatic carbocycles. The standard InChI is InChI=1S/C18H26N2O4S/c1-19(25(22,23)11-10-21)16-12-18-8-4-2-6-14(18)13-20-9-5-3-7-15(20)17(18)24-16/h5,9,13,16,21H,2-4,6-8,10-12H2,1H3. The summed E-state index contributed by atoms with van der Waals surface area (Å²) in [5.41, 5.74) is 2.42. The number of hydrogen-bond acceptors (Lipinski definition) is 5. The smallest absolute Gasteiger partial charge is 0.219 e. The minimum absolute atomic E-state index is 0.136. The first-order valence-corrected chi connectivity index (χ1v) is 10.7. The molecule has 0 aromatic rings. The first-order chi connectivity index (χ1) is 12.0. The van der Waals surface area contributed by atoms with Gasteiger partial charge in [-0.2, -0.15) is 4.31 Å². The van der Waals surface area contributed by atoms with E-state index in [1.807, 2.05) is 0 Å². The highest BCUT2D eigenvalue weighted by Crippen LogP contribution is 2.59. The largest absolute Gasteiger partial charge is 0.476 e. The van der Waals surface area contributed by atoms with E-state index in [0.717, 1.165) is 37.9 Å². The number of rotatable bonds is 4. The summed E-state index contributed by atoms with van der Waals surface area (Å²) in [6, 6.07) is 0. The van der Waals surface area contributed by atoms with Crippen LogP contribution in [0.4, 0.5) is 0 Å². The van der Waals surface area contributed by atoms with Crippen LogP contribution in [0.25, 0.3) is 0 Å². The third-order valence-corrected chi connectivity index (χ3v) is 7.81. The van der Waals surface area contributed by atoms with Crippen LogP contribution in [-0.4, -0.2) is 48.4 Å². The molecule has 4 rings (SSSR count). The van der Waals surface area contributed by atoms with Crippen molar-refractivity contribution in [2.24, 2.45) is 5.41 Å². The van der Waals surface area contributed by atoms with Gasteiger partial charge in [0.2, 0.25) is 10.0 Å². The maximum atomic E-state index is 12.4. The zero-order valence-electron chi connectivity index (χ0n) is 14.6. The second-order valence-corrected chi connectivity index (χ2v) is 9.53. The molecule has 1 spiro atoms. The zero-order chi connectivity index (χ0) is 17.7. The fourth-order valence-electron chi connectivity index (χ4n) is 4.64. The van der Waals surface area contributed by atoms with Crippen LogP contribution in [0.3, 0.4) is 0 Å². The van der Waals surface area contributed by atoms with Crippen LogP contribution in [0.15, 0.2) is 35.5 Å². The van der Waals surface area contributed by atoms with E-state index in [1.54, 1.807) is 7.05 Å². The highest BCUT2D eigenvalue weighted by Gasteiger charge is 2.54. The lowest BCUT2D eigenvalue weighted by Gasteiger charge is -2.42. The van der Waals surface area contributed by atoms with Gasteiger partial charge < -0.3 is 14.7 Å². The fourth-order valence-corrected chi connectivity index (χ4v) is 5.63. The number of hydrogen-bond donors (Lipinski definition) is 1. The second-order valence-electron chi connectivity index (χ2n) is 7.38. The van der Waals surface area contributed by atoms with Crippen molar-refractivity contribution in [3.05, 3.63) is 35.5 Å². The maximum absolute atomic E-state index is 12.4. The Morgan fingerprint density at radius 3 is 3.04 bits per heavy atom. The van der Waals surface area contributed by atoms with Crippen molar-refractivity contribution < 1.29 is 18.3 Å². The molecule has 0 aromatic heterocycles. The predicted octanol–water partition coefficient (Wildman–Crippen LogP) is 2.27. The molecule has 7 heteroatoms. The minimum Gasteiger partial charge on any atom is -0.476 e. The third-order valence-electron chi connectivity index (χ3n) is 6.00. The van der Waals surface area contributed by atoms with Gasteiger partial charge in [0, 0.05) is 25.9 Å². The van der Waals surface area contributed by atoms with Gasteiger partial charge in [-0.15, -0.1) is 0 Å². The molecular weight excluding hydrogens is 340 g/mol. The monoisotopic (exact) mass is 366 g/mol. The molecule has 0 aromatic carbocycles. The molecule has 0 amide bonds. The molecule has 4 aliphatic rings. The molecule has 2 fully saturated rings. The molecule has 0 bridgehead atoms. The number of nitrogens with zero attached hydrogens (tertiary/aromatic N) is 2. The Labute approximate surface area is 149 Å². The Balaban J connectivity index is 1.72.